The number of halogens is 1. The highest BCUT2D eigenvalue weighted by Crippen LogP contribution is 2.41. The zero-order valence-corrected chi connectivity index (χ0v) is 9.44. The van der Waals surface area contributed by atoms with E-state index >= 15 is 0 Å². The molecule has 2 fully saturated rings. The molecular weight excluding hydrogens is 242 g/mol. The summed E-state index contributed by atoms with van der Waals surface area (Å²) in [5.74, 6) is 1.98. The van der Waals surface area contributed by atoms with E-state index in [1.165, 1.54) is 25.8 Å². The van der Waals surface area contributed by atoms with E-state index in [1.54, 1.807) is 6.33 Å². The molecule has 0 N–H and O–H groups in total. The van der Waals surface area contributed by atoms with E-state index in [4.69, 9.17) is 0 Å². The standard InChI is InChI=1S/C10H12BrN3/c11-9-4-12-6-13-10(9)14-5-7-1-2-8(14)3-7/h4,6-8H,1-3,5H2. The summed E-state index contributed by atoms with van der Waals surface area (Å²) in [5, 5.41) is 0. The van der Waals surface area contributed by atoms with Crippen molar-refractivity contribution in [3.05, 3.63) is 17.0 Å². The topological polar surface area (TPSA) is 29.0 Å². The van der Waals surface area contributed by atoms with E-state index in [-0.39, 0.29) is 0 Å². The average Bonchev–Trinajstić information content (AvgIpc) is 2.79. The van der Waals surface area contributed by atoms with Crippen molar-refractivity contribution in [3.8, 4) is 0 Å². The van der Waals surface area contributed by atoms with Gasteiger partial charge in [-0.1, -0.05) is 0 Å². The van der Waals surface area contributed by atoms with Crippen LogP contribution in [0.25, 0.3) is 0 Å². The summed E-state index contributed by atoms with van der Waals surface area (Å²) in [4.78, 5) is 10.8. The first kappa shape index (κ1) is 8.65. The predicted molar refractivity (Wildman–Crippen MR) is 58.2 cm³/mol. The summed E-state index contributed by atoms with van der Waals surface area (Å²) >= 11 is 3.51. The van der Waals surface area contributed by atoms with Crippen molar-refractivity contribution in [2.45, 2.75) is 25.3 Å². The molecule has 1 aromatic rings. The number of anilines is 1. The van der Waals surface area contributed by atoms with Crippen molar-refractivity contribution in [2.75, 3.05) is 11.4 Å². The van der Waals surface area contributed by atoms with Crippen LogP contribution in [-0.4, -0.2) is 22.6 Å². The minimum absolute atomic E-state index is 0.728. The van der Waals surface area contributed by atoms with Gasteiger partial charge in [0.05, 0.1) is 4.47 Å². The van der Waals surface area contributed by atoms with Crippen molar-refractivity contribution in [2.24, 2.45) is 5.92 Å². The van der Waals surface area contributed by atoms with Gasteiger partial charge in [-0.15, -0.1) is 0 Å². The lowest BCUT2D eigenvalue weighted by Gasteiger charge is -2.28. The first-order chi connectivity index (χ1) is 6.84. The molecule has 1 aromatic heterocycles. The first-order valence-electron chi connectivity index (χ1n) is 5.07. The van der Waals surface area contributed by atoms with Gasteiger partial charge in [0, 0.05) is 18.8 Å². The third-order valence-corrected chi connectivity index (χ3v) is 3.89. The molecule has 2 heterocycles. The second kappa shape index (κ2) is 3.19. The van der Waals surface area contributed by atoms with Gasteiger partial charge in [-0.2, -0.15) is 0 Å². The predicted octanol–water partition coefficient (Wildman–Crippen LogP) is 2.23. The second-order valence-electron chi connectivity index (χ2n) is 4.18. The minimum Gasteiger partial charge on any atom is -0.352 e. The Hall–Kier alpha value is -0.640. The molecule has 2 unspecified atom stereocenters. The number of aromatic nitrogens is 2. The van der Waals surface area contributed by atoms with E-state index in [2.05, 4.69) is 30.8 Å². The van der Waals surface area contributed by atoms with Crippen LogP contribution in [0, 0.1) is 5.92 Å². The molecule has 1 saturated heterocycles. The summed E-state index contributed by atoms with van der Waals surface area (Å²) < 4.78 is 1.02. The van der Waals surface area contributed by atoms with Crippen LogP contribution in [0.3, 0.4) is 0 Å². The summed E-state index contributed by atoms with van der Waals surface area (Å²) in [5.41, 5.74) is 0. The molecule has 14 heavy (non-hydrogen) atoms. The average molecular weight is 254 g/mol. The van der Waals surface area contributed by atoms with Crippen LogP contribution in [0.4, 0.5) is 5.82 Å². The fraction of sp³-hybridized carbons (Fsp3) is 0.600. The molecule has 0 amide bonds. The van der Waals surface area contributed by atoms with E-state index in [0.29, 0.717) is 0 Å². The molecule has 3 rings (SSSR count). The van der Waals surface area contributed by atoms with Gasteiger partial charge in [0.25, 0.3) is 0 Å². The van der Waals surface area contributed by atoms with E-state index in [0.717, 1.165) is 22.3 Å². The highest BCUT2D eigenvalue weighted by molar-refractivity contribution is 9.10. The summed E-state index contributed by atoms with van der Waals surface area (Å²) in [6.45, 7) is 1.18. The van der Waals surface area contributed by atoms with Crippen LogP contribution in [0.15, 0.2) is 17.0 Å². The Morgan fingerprint density at radius 3 is 3.00 bits per heavy atom. The lowest BCUT2D eigenvalue weighted by atomic mass is 10.1. The van der Waals surface area contributed by atoms with E-state index in [1.807, 2.05) is 6.20 Å². The van der Waals surface area contributed by atoms with Crippen molar-refractivity contribution in [1.82, 2.24) is 9.97 Å². The summed E-state index contributed by atoms with van der Waals surface area (Å²) in [6.07, 6.45) is 7.56. The van der Waals surface area contributed by atoms with Crippen molar-refractivity contribution >= 4 is 21.7 Å². The van der Waals surface area contributed by atoms with E-state index in [9.17, 15) is 0 Å². The molecule has 1 saturated carbocycles. The van der Waals surface area contributed by atoms with Crippen LogP contribution < -0.4 is 4.90 Å². The van der Waals surface area contributed by atoms with Gasteiger partial charge < -0.3 is 4.90 Å². The van der Waals surface area contributed by atoms with Crippen molar-refractivity contribution in [1.29, 1.82) is 0 Å². The van der Waals surface area contributed by atoms with Gasteiger partial charge in [0.1, 0.15) is 12.1 Å². The minimum atomic E-state index is 0.728. The number of piperidine rings is 1. The number of nitrogens with zero attached hydrogens (tertiary/aromatic N) is 3. The maximum atomic E-state index is 4.35. The Bertz CT molecular complexity index is 355. The third-order valence-electron chi connectivity index (χ3n) is 3.33. The van der Waals surface area contributed by atoms with Gasteiger partial charge in [0.15, 0.2) is 0 Å². The number of fused-ring (bicyclic) bond motifs is 2. The van der Waals surface area contributed by atoms with Crippen molar-refractivity contribution < 1.29 is 0 Å². The number of hydrogen-bond acceptors (Lipinski definition) is 3. The Balaban J connectivity index is 1.93. The molecule has 4 heteroatoms. The Morgan fingerprint density at radius 1 is 1.43 bits per heavy atom. The fourth-order valence-electron chi connectivity index (χ4n) is 2.70. The molecular formula is C10H12BrN3. The molecule has 2 bridgehead atoms. The Labute approximate surface area is 91.7 Å². The fourth-order valence-corrected chi connectivity index (χ4v) is 3.15. The molecule has 0 radical (unpaired) electrons. The van der Waals surface area contributed by atoms with Crippen LogP contribution in [0.2, 0.25) is 0 Å². The van der Waals surface area contributed by atoms with Crippen LogP contribution >= 0.6 is 15.9 Å². The third kappa shape index (κ3) is 1.24. The van der Waals surface area contributed by atoms with Gasteiger partial charge in [-0.05, 0) is 41.1 Å². The smallest absolute Gasteiger partial charge is 0.146 e. The maximum Gasteiger partial charge on any atom is 0.146 e. The molecule has 2 aliphatic rings. The summed E-state index contributed by atoms with van der Waals surface area (Å²) in [6, 6.07) is 0.728. The van der Waals surface area contributed by atoms with Gasteiger partial charge in [-0.25, -0.2) is 9.97 Å². The lowest BCUT2D eigenvalue weighted by Crippen LogP contribution is -2.32. The number of rotatable bonds is 1. The first-order valence-corrected chi connectivity index (χ1v) is 5.86. The molecule has 0 aromatic carbocycles. The van der Waals surface area contributed by atoms with Gasteiger partial charge >= 0.3 is 0 Å². The molecule has 74 valence electrons. The van der Waals surface area contributed by atoms with Crippen molar-refractivity contribution in [3.63, 3.8) is 0 Å². The Morgan fingerprint density at radius 2 is 2.36 bits per heavy atom. The quantitative estimate of drug-likeness (QED) is 0.769. The highest BCUT2D eigenvalue weighted by Gasteiger charge is 2.38. The largest absolute Gasteiger partial charge is 0.352 e. The maximum absolute atomic E-state index is 4.35. The second-order valence-corrected chi connectivity index (χ2v) is 5.03. The summed E-state index contributed by atoms with van der Waals surface area (Å²) in [7, 11) is 0. The van der Waals surface area contributed by atoms with Crippen LogP contribution in [0.5, 0.6) is 0 Å². The van der Waals surface area contributed by atoms with Crippen LogP contribution in [0.1, 0.15) is 19.3 Å². The molecule has 1 aliphatic carbocycles. The molecule has 0 spiro atoms. The number of hydrogen-bond donors (Lipinski definition) is 0. The zero-order valence-electron chi connectivity index (χ0n) is 7.86. The molecule has 3 nitrogen and oxygen atoms in total. The zero-order chi connectivity index (χ0) is 9.54. The molecule has 1 aliphatic heterocycles. The van der Waals surface area contributed by atoms with Gasteiger partial charge in [-0.3, -0.25) is 0 Å². The Kier molecular flexibility index (Phi) is 1.97. The SMILES string of the molecule is Brc1cncnc1N1CC2CCC1C2. The lowest BCUT2D eigenvalue weighted by molar-refractivity contribution is 0.549. The van der Waals surface area contributed by atoms with Crippen LogP contribution in [-0.2, 0) is 0 Å². The normalized spacial score (nSPS) is 29.9. The van der Waals surface area contributed by atoms with Gasteiger partial charge in [0.2, 0.25) is 0 Å². The highest BCUT2D eigenvalue weighted by atomic mass is 79.9. The van der Waals surface area contributed by atoms with E-state index < -0.39 is 0 Å². The monoisotopic (exact) mass is 253 g/mol. The molecule has 2 atom stereocenters.